The van der Waals surface area contributed by atoms with E-state index in [1.54, 1.807) is 17.0 Å². The molecule has 124 valence electrons. The number of carbonyl (C=O) groups is 1. The van der Waals surface area contributed by atoms with Crippen LogP contribution in [0.3, 0.4) is 0 Å². The molecule has 2 aromatic rings. The van der Waals surface area contributed by atoms with Gasteiger partial charge in [-0.25, -0.2) is 4.98 Å². The average molecular weight is 325 g/mol. The van der Waals surface area contributed by atoms with E-state index in [0.717, 1.165) is 30.8 Å². The zero-order valence-electron chi connectivity index (χ0n) is 13.8. The van der Waals surface area contributed by atoms with Crippen LogP contribution in [0.1, 0.15) is 35.9 Å². The minimum absolute atomic E-state index is 0.0164. The number of hydrogen-bond acceptors (Lipinski definition) is 6. The van der Waals surface area contributed by atoms with Gasteiger partial charge in [-0.2, -0.15) is 5.26 Å². The molecular weight excluding hydrogens is 306 g/mol. The zero-order chi connectivity index (χ0) is 17.1. The van der Waals surface area contributed by atoms with E-state index >= 15 is 0 Å². The first-order chi connectivity index (χ1) is 11.6. The first kappa shape index (κ1) is 16.0. The first-order valence-electron chi connectivity index (χ1n) is 7.88. The molecule has 2 aromatic heterocycles. The van der Waals surface area contributed by atoms with E-state index in [-0.39, 0.29) is 18.5 Å². The van der Waals surface area contributed by atoms with Crippen LogP contribution in [-0.2, 0) is 4.79 Å². The van der Waals surface area contributed by atoms with Gasteiger partial charge in [0.15, 0.2) is 0 Å². The molecule has 7 heteroatoms. The maximum absolute atomic E-state index is 12.7. The Balaban J connectivity index is 1.68. The second-order valence-corrected chi connectivity index (χ2v) is 5.98. The quantitative estimate of drug-likeness (QED) is 0.855. The van der Waals surface area contributed by atoms with Crippen LogP contribution in [0.2, 0.25) is 0 Å². The molecule has 1 atom stereocenters. The summed E-state index contributed by atoms with van der Waals surface area (Å²) >= 11 is 0. The minimum Gasteiger partial charge on any atom is -0.361 e. The number of likely N-dealkylation sites (tertiary alicyclic amines) is 1. The number of nitrogens with zero attached hydrogens (tertiary/aromatic N) is 5. The van der Waals surface area contributed by atoms with Gasteiger partial charge < -0.3 is 14.3 Å². The molecule has 24 heavy (non-hydrogen) atoms. The van der Waals surface area contributed by atoms with Gasteiger partial charge in [0.05, 0.1) is 18.2 Å². The third-order valence-electron chi connectivity index (χ3n) is 4.20. The van der Waals surface area contributed by atoms with Crippen molar-refractivity contribution < 1.29 is 9.32 Å². The fourth-order valence-electron chi connectivity index (χ4n) is 2.97. The van der Waals surface area contributed by atoms with Crippen molar-refractivity contribution >= 4 is 11.7 Å². The highest BCUT2D eigenvalue weighted by atomic mass is 16.5. The van der Waals surface area contributed by atoms with E-state index in [0.29, 0.717) is 11.4 Å². The summed E-state index contributed by atoms with van der Waals surface area (Å²) in [5.41, 5.74) is 1.32. The molecule has 0 saturated carbocycles. The Hall–Kier alpha value is -2.88. The van der Waals surface area contributed by atoms with E-state index in [2.05, 4.69) is 10.1 Å². The summed E-state index contributed by atoms with van der Waals surface area (Å²) in [6.07, 6.45) is 3.37. The van der Waals surface area contributed by atoms with Crippen molar-refractivity contribution in [3.8, 4) is 6.07 Å². The summed E-state index contributed by atoms with van der Waals surface area (Å²) in [6, 6.07) is 7.35. The van der Waals surface area contributed by atoms with Gasteiger partial charge in [-0.15, -0.1) is 0 Å². The lowest BCUT2D eigenvalue weighted by Gasteiger charge is -2.26. The molecule has 1 fully saturated rings. The highest BCUT2D eigenvalue weighted by Gasteiger charge is 2.32. The number of likely N-dealkylation sites (N-methyl/N-ethyl adjacent to an activating group) is 1. The van der Waals surface area contributed by atoms with Gasteiger partial charge in [-0.3, -0.25) is 4.79 Å². The van der Waals surface area contributed by atoms with Crippen molar-refractivity contribution in [2.75, 3.05) is 25.0 Å². The molecule has 0 aliphatic carbocycles. The standard InChI is InChI=1S/C17H19N5O2/c1-12-8-14(20-24-12)15-4-3-7-22(15)17(23)11-21(2)16-6-5-13(9-18)10-19-16/h5-6,8,10,15H,3-4,7,11H2,1-2H3/t15-/m1/s1. The van der Waals surface area contributed by atoms with Crippen molar-refractivity contribution in [1.82, 2.24) is 15.0 Å². The van der Waals surface area contributed by atoms with Gasteiger partial charge >= 0.3 is 0 Å². The molecule has 1 saturated heterocycles. The van der Waals surface area contributed by atoms with E-state index in [4.69, 9.17) is 9.78 Å². The summed E-state index contributed by atoms with van der Waals surface area (Å²) in [6.45, 7) is 2.80. The van der Waals surface area contributed by atoms with Crippen LogP contribution in [0.4, 0.5) is 5.82 Å². The fourth-order valence-corrected chi connectivity index (χ4v) is 2.97. The number of hydrogen-bond donors (Lipinski definition) is 0. The topological polar surface area (TPSA) is 86.3 Å². The average Bonchev–Trinajstić information content (AvgIpc) is 3.23. The molecule has 1 aliphatic heterocycles. The van der Waals surface area contributed by atoms with E-state index < -0.39 is 0 Å². The molecule has 0 spiro atoms. The van der Waals surface area contributed by atoms with Crippen LogP contribution in [0.15, 0.2) is 28.9 Å². The molecule has 0 radical (unpaired) electrons. The lowest BCUT2D eigenvalue weighted by Crippen LogP contribution is -2.39. The van der Waals surface area contributed by atoms with Gasteiger partial charge in [0.2, 0.25) is 5.91 Å². The Morgan fingerprint density at radius 3 is 3.00 bits per heavy atom. The van der Waals surface area contributed by atoms with Gasteiger partial charge in [0.25, 0.3) is 0 Å². The Labute approximate surface area is 140 Å². The number of rotatable bonds is 4. The Bertz CT molecular complexity index is 762. The zero-order valence-corrected chi connectivity index (χ0v) is 13.8. The molecule has 3 rings (SSSR count). The molecule has 7 nitrogen and oxygen atoms in total. The van der Waals surface area contributed by atoms with Crippen molar-refractivity contribution in [2.45, 2.75) is 25.8 Å². The maximum atomic E-state index is 12.7. The monoisotopic (exact) mass is 325 g/mol. The molecule has 0 N–H and O–H groups in total. The number of nitriles is 1. The fraction of sp³-hybridized carbons (Fsp3) is 0.412. The van der Waals surface area contributed by atoms with Crippen LogP contribution in [-0.4, -0.2) is 41.1 Å². The summed E-state index contributed by atoms with van der Waals surface area (Å²) in [4.78, 5) is 20.5. The minimum atomic E-state index is -0.0164. The van der Waals surface area contributed by atoms with Crippen LogP contribution in [0.25, 0.3) is 0 Å². The molecule has 0 aromatic carbocycles. The maximum Gasteiger partial charge on any atom is 0.242 e. The highest BCUT2D eigenvalue weighted by molar-refractivity contribution is 5.81. The number of amides is 1. The van der Waals surface area contributed by atoms with Crippen molar-refractivity contribution in [2.24, 2.45) is 0 Å². The molecule has 0 unspecified atom stereocenters. The van der Waals surface area contributed by atoms with Gasteiger partial charge in [0, 0.05) is 25.9 Å². The highest BCUT2D eigenvalue weighted by Crippen LogP contribution is 2.31. The van der Waals surface area contributed by atoms with Crippen molar-refractivity contribution in [3.05, 3.63) is 41.4 Å². The summed E-state index contributed by atoms with van der Waals surface area (Å²) in [5, 5.41) is 12.9. The SMILES string of the molecule is Cc1cc([C@H]2CCCN2C(=O)CN(C)c2ccc(C#N)cn2)no1. The number of aromatic nitrogens is 2. The van der Waals surface area contributed by atoms with Crippen LogP contribution < -0.4 is 4.90 Å². The lowest BCUT2D eigenvalue weighted by atomic mass is 10.1. The van der Waals surface area contributed by atoms with Crippen LogP contribution in [0, 0.1) is 18.3 Å². The number of carbonyl (C=O) groups excluding carboxylic acids is 1. The molecule has 3 heterocycles. The molecule has 1 aliphatic rings. The third-order valence-corrected chi connectivity index (χ3v) is 4.20. The van der Waals surface area contributed by atoms with E-state index in [1.807, 2.05) is 31.0 Å². The summed E-state index contributed by atoms with van der Waals surface area (Å²) in [5.74, 6) is 1.45. The molecular formula is C17H19N5O2. The Kier molecular flexibility index (Phi) is 4.47. The second-order valence-electron chi connectivity index (χ2n) is 5.98. The summed E-state index contributed by atoms with van der Waals surface area (Å²) in [7, 11) is 1.82. The predicted octanol–water partition coefficient (Wildman–Crippen LogP) is 2.05. The lowest BCUT2D eigenvalue weighted by molar-refractivity contribution is -0.130. The number of anilines is 1. The Morgan fingerprint density at radius 1 is 1.54 bits per heavy atom. The van der Waals surface area contributed by atoms with Crippen molar-refractivity contribution in [1.29, 1.82) is 5.26 Å². The first-order valence-corrected chi connectivity index (χ1v) is 7.88. The van der Waals surface area contributed by atoms with Crippen LogP contribution in [0.5, 0.6) is 0 Å². The Morgan fingerprint density at radius 2 is 2.38 bits per heavy atom. The van der Waals surface area contributed by atoms with Gasteiger partial charge in [0.1, 0.15) is 23.3 Å². The smallest absolute Gasteiger partial charge is 0.242 e. The van der Waals surface area contributed by atoms with Crippen molar-refractivity contribution in [3.63, 3.8) is 0 Å². The van der Waals surface area contributed by atoms with E-state index in [9.17, 15) is 4.79 Å². The number of pyridine rings is 1. The predicted molar refractivity (Wildman–Crippen MR) is 87.2 cm³/mol. The normalized spacial score (nSPS) is 16.9. The second kappa shape index (κ2) is 6.71. The van der Waals surface area contributed by atoms with E-state index in [1.165, 1.54) is 6.20 Å². The largest absolute Gasteiger partial charge is 0.361 e. The van der Waals surface area contributed by atoms with Gasteiger partial charge in [-0.1, -0.05) is 5.16 Å². The summed E-state index contributed by atoms with van der Waals surface area (Å²) < 4.78 is 5.14. The van der Waals surface area contributed by atoms with Gasteiger partial charge in [-0.05, 0) is 31.9 Å². The third kappa shape index (κ3) is 3.23. The molecule has 1 amide bonds. The number of aryl methyl sites for hydroxylation is 1. The van der Waals surface area contributed by atoms with Crippen LogP contribution >= 0.6 is 0 Å². The molecule has 0 bridgehead atoms.